The van der Waals surface area contributed by atoms with Crippen LogP contribution in [0.25, 0.3) is 6.08 Å². The number of carbonyl (C=O) groups is 1. The minimum atomic E-state index is -0.211. The predicted octanol–water partition coefficient (Wildman–Crippen LogP) is 3.98. The van der Waals surface area contributed by atoms with Gasteiger partial charge in [0, 0.05) is 19.7 Å². The first-order valence-electron chi connectivity index (χ1n) is 8.11. The summed E-state index contributed by atoms with van der Waals surface area (Å²) in [5, 5.41) is 0. The highest BCUT2D eigenvalue weighted by Gasteiger charge is 2.18. The first-order valence-corrected chi connectivity index (χ1v) is 8.90. The average Bonchev–Trinajstić information content (AvgIpc) is 2.67. The summed E-state index contributed by atoms with van der Waals surface area (Å²) in [6, 6.07) is 8.82. The molecule has 27 heavy (non-hydrogen) atoms. The number of Topliss-reactive ketones (excluding diaryl/α,β-unsaturated/α-hetero) is 1. The van der Waals surface area contributed by atoms with Crippen molar-refractivity contribution in [3.63, 3.8) is 0 Å². The van der Waals surface area contributed by atoms with Crippen LogP contribution in [0.2, 0.25) is 0 Å². The van der Waals surface area contributed by atoms with Crippen molar-refractivity contribution >= 4 is 39.2 Å². The lowest BCUT2D eigenvalue weighted by molar-refractivity contribution is 0.104. The van der Waals surface area contributed by atoms with Gasteiger partial charge in [-0.15, -0.1) is 0 Å². The topological polar surface area (TPSA) is 74.0 Å². The highest BCUT2D eigenvalue weighted by Crippen LogP contribution is 2.39. The van der Waals surface area contributed by atoms with Gasteiger partial charge in [0.25, 0.3) is 0 Å². The van der Waals surface area contributed by atoms with Crippen LogP contribution in [0, 0.1) is 0 Å². The standard InChI is InChI=1S/C20H23BrN2O4/c1-23(2)16-9-12(6-7-15(16)22)8-14(21)19(24)13-10-17(25-3)20(27-5)18(11-13)26-4/h6-11H,22H2,1-5H3. The lowest BCUT2D eigenvalue weighted by Crippen LogP contribution is -2.11. The van der Waals surface area contributed by atoms with E-state index in [0.29, 0.717) is 33.0 Å². The Morgan fingerprint density at radius 3 is 2.11 bits per heavy atom. The second kappa shape index (κ2) is 8.81. The Bertz CT molecular complexity index is 853. The number of rotatable bonds is 7. The molecule has 2 rings (SSSR count). The zero-order valence-electron chi connectivity index (χ0n) is 16.0. The van der Waals surface area contributed by atoms with Crippen LogP contribution in [-0.4, -0.2) is 41.2 Å². The molecule has 2 aromatic carbocycles. The smallest absolute Gasteiger partial charge is 0.203 e. The quantitative estimate of drug-likeness (QED) is 0.403. The summed E-state index contributed by atoms with van der Waals surface area (Å²) in [7, 11) is 8.35. The molecule has 6 nitrogen and oxygen atoms in total. The number of ether oxygens (including phenoxy) is 3. The molecule has 0 radical (unpaired) electrons. The number of allylic oxidation sites excluding steroid dienone is 1. The molecule has 0 spiro atoms. The van der Waals surface area contributed by atoms with Crippen LogP contribution < -0.4 is 24.8 Å². The first-order chi connectivity index (χ1) is 12.8. The van der Waals surface area contributed by atoms with Gasteiger partial charge in [0.05, 0.1) is 37.2 Å². The van der Waals surface area contributed by atoms with Crippen molar-refractivity contribution in [3.05, 3.63) is 45.9 Å². The molecule has 0 aromatic heterocycles. The largest absolute Gasteiger partial charge is 0.493 e. The van der Waals surface area contributed by atoms with E-state index >= 15 is 0 Å². The van der Waals surface area contributed by atoms with Crippen molar-refractivity contribution in [2.24, 2.45) is 0 Å². The fourth-order valence-corrected chi connectivity index (χ4v) is 3.09. The third kappa shape index (κ3) is 4.54. The molecule has 0 heterocycles. The van der Waals surface area contributed by atoms with Gasteiger partial charge < -0.3 is 24.8 Å². The van der Waals surface area contributed by atoms with Gasteiger partial charge in [0.15, 0.2) is 17.3 Å². The number of ketones is 1. The molecule has 0 aliphatic heterocycles. The number of benzene rings is 2. The van der Waals surface area contributed by atoms with Gasteiger partial charge in [-0.3, -0.25) is 4.79 Å². The Balaban J connectivity index is 2.43. The Kier molecular flexibility index (Phi) is 6.74. The van der Waals surface area contributed by atoms with Crippen LogP contribution >= 0.6 is 15.9 Å². The van der Waals surface area contributed by atoms with Crippen molar-refractivity contribution in [2.75, 3.05) is 46.1 Å². The van der Waals surface area contributed by atoms with E-state index in [0.717, 1.165) is 11.3 Å². The van der Waals surface area contributed by atoms with Gasteiger partial charge in [0.2, 0.25) is 5.75 Å². The lowest BCUT2D eigenvalue weighted by atomic mass is 10.1. The molecule has 2 N–H and O–H groups in total. The molecule has 0 atom stereocenters. The summed E-state index contributed by atoms with van der Waals surface area (Å²) in [5.41, 5.74) is 8.79. The van der Waals surface area contributed by atoms with E-state index in [2.05, 4.69) is 15.9 Å². The Labute approximate surface area is 167 Å². The van der Waals surface area contributed by atoms with E-state index in [1.807, 2.05) is 37.2 Å². The molecule has 0 unspecified atom stereocenters. The monoisotopic (exact) mass is 434 g/mol. The maximum absolute atomic E-state index is 12.9. The van der Waals surface area contributed by atoms with Gasteiger partial charge in [-0.05, 0) is 51.8 Å². The number of methoxy groups -OCH3 is 3. The van der Waals surface area contributed by atoms with Crippen LogP contribution in [0.5, 0.6) is 17.2 Å². The molecular formula is C20H23BrN2O4. The van der Waals surface area contributed by atoms with E-state index in [9.17, 15) is 4.79 Å². The highest BCUT2D eigenvalue weighted by molar-refractivity contribution is 9.12. The normalized spacial score (nSPS) is 11.1. The molecule has 0 amide bonds. The highest BCUT2D eigenvalue weighted by atomic mass is 79.9. The molecule has 2 aromatic rings. The molecule has 144 valence electrons. The number of nitrogen functional groups attached to an aromatic ring is 1. The van der Waals surface area contributed by atoms with Gasteiger partial charge in [-0.2, -0.15) is 0 Å². The van der Waals surface area contributed by atoms with Crippen molar-refractivity contribution < 1.29 is 19.0 Å². The maximum atomic E-state index is 12.9. The third-order valence-corrected chi connectivity index (χ3v) is 4.56. The number of hydrogen-bond acceptors (Lipinski definition) is 6. The van der Waals surface area contributed by atoms with Gasteiger partial charge in [-0.25, -0.2) is 0 Å². The average molecular weight is 435 g/mol. The van der Waals surface area contributed by atoms with E-state index < -0.39 is 0 Å². The maximum Gasteiger partial charge on any atom is 0.203 e. The number of nitrogens with two attached hydrogens (primary N) is 1. The second-order valence-corrected chi connectivity index (χ2v) is 6.80. The summed E-state index contributed by atoms with van der Waals surface area (Å²) < 4.78 is 16.3. The molecule has 0 fully saturated rings. The number of halogens is 1. The molecule has 7 heteroatoms. The SMILES string of the molecule is COc1cc(C(=O)C(Br)=Cc2ccc(N)c(N(C)C)c2)cc(OC)c1OC. The number of carbonyl (C=O) groups excluding carboxylic acids is 1. The second-order valence-electron chi connectivity index (χ2n) is 5.95. The van der Waals surface area contributed by atoms with Crippen LogP contribution in [-0.2, 0) is 0 Å². The molecule has 0 aliphatic carbocycles. The van der Waals surface area contributed by atoms with Crippen LogP contribution in [0.1, 0.15) is 15.9 Å². The number of nitrogens with zero attached hydrogens (tertiary/aromatic N) is 1. The van der Waals surface area contributed by atoms with E-state index in [1.54, 1.807) is 18.2 Å². The molecule has 0 saturated heterocycles. The summed E-state index contributed by atoms with van der Waals surface area (Å²) >= 11 is 3.38. The molecule has 0 saturated carbocycles. The van der Waals surface area contributed by atoms with Crippen molar-refractivity contribution in [1.29, 1.82) is 0 Å². The van der Waals surface area contributed by atoms with Gasteiger partial charge in [-0.1, -0.05) is 6.07 Å². The Hall–Kier alpha value is -2.67. The predicted molar refractivity (Wildman–Crippen MR) is 113 cm³/mol. The molecule has 0 aliphatic rings. The van der Waals surface area contributed by atoms with Gasteiger partial charge in [0.1, 0.15) is 0 Å². The van der Waals surface area contributed by atoms with Gasteiger partial charge >= 0.3 is 0 Å². The van der Waals surface area contributed by atoms with Crippen molar-refractivity contribution in [2.45, 2.75) is 0 Å². The third-order valence-electron chi connectivity index (χ3n) is 3.97. The van der Waals surface area contributed by atoms with Crippen molar-refractivity contribution in [1.82, 2.24) is 0 Å². The minimum absolute atomic E-state index is 0.211. The van der Waals surface area contributed by atoms with Crippen LogP contribution in [0.15, 0.2) is 34.8 Å². The summed E-state index contributed by atoms with van der Waals surface area (Å²) in [4.78, 5) is 14.8. The summed E-state index contributed by atoms with van der Waals surface area (Å²) in [6.45, 7) is 0. The van der Waals surface area contributed by atoms with Crippen molar-refractivity contribution in [3.8, 4) is 17.2 Å². The lowest BCUT2D eigenvalue weighted by Gasteiger charge is -2.16. The first kappa shape index (κ1) is 20.6. The number of anilines is 2. The van der Waals surface area contributed by atoms with E-state index in [-0.39, 0.29) is 5.78 Å². The Morgan fingerprint density at radius 2 is 1.63 bits per heavy atom. The number of hydrogen-bond donors (Lipinski definition) is 1. The Morgan fingerprint density at radius 1 is 1.04 bits per heavy atom. The van der Waals surface area contributed by atoms with E-state index in [1.165, 1.54) is 21.3 Å². The molecule has 0 bridgehead atoms. The van der Waals surface area contributed by atoms with E-state index in [4.69, 9.17) is 19.9 Å². The fourth-order valence-electron chi connectivity index (χ4n) is 2.60. The van der Waals surface area contributed by atoms with Crippen LogP contribution in [0.4, 0.5) is 11.4 Å². The zero-order chi connectivity index (χ0) is 20.1. The summed E-state index contributed by atoms with van der Waals surface area (Å²) in [5.74, 6) is 1.06. The molecular weight excluding hydrogens is 412 g/mol. The zero-order valence-corrected chi connectivity index (χ0v) is 17.6. The fraction of sp³-hybridized carbons (Fsp3) is 0.250. The minimum Gasteiger partial charge on any atom is -0.493 e. The van der Waals surface area contributed by atoms with Crippen LogP contribution in [0.3, 0.4) is 0 Å². The summed E-state index contributed by atoms with van der Waals surface area (Å²) in [6.07, 6.45) is 1.75.